The molecule has 0 N–H and O–H groups in total. The molecule has 0 saturated heterocycles. The number of ether oxygens (including phenoxy) is 1. The molecule has 1 aliphatic heterocycles. The summed E-state index contributed by atoms with van der Waals surface area (Å²) in [6, 6.07) is 7.89. The maximum atomic E-state index is 10.9. The molecule has 0 radical (unpaired) electrons. The third kappa shape index (κ3) is 1.46. The van der Waals surface area contributed by atoms with Crippen molar-refractivity contribution in [2.24, 2.45) is 0 Å². The highest BCUT2D eigenvalue weighted by Crippen LogP contribution is 2.27. The number of allylic oxidation sites excluding steroid dienone is 1. The van der Waals surface area contributed by atoms with Gasteiger partial charge in [0.15, 0.2) is 0 Å². The van der Waals surface area contributed by atoms with Gasteiger partial charge in [-0.3, -0.25) is 0 Å². The van der Waals surface area contributed by atoms with Crippen molar-refractivity contribution >= 4 is 11.5 Å². The Bertz CT molecular complexity index is 424. The summed E-state index contributed by atoms with van der Waals surface area (Å²) in [6.45, 7) is 5.69. The molecule has 0 spiro atoms. The maximum absolute atomic E-state index is 10.9. The number of aryl methyl sites for hydroxylation is 1. The van der Waals surface area contributed by atoms with Crippen LogP contribution in [0, 0.1) is 6.92 Å². The van der Waals surface area contributed by atoms with E-state index in [0.717, 1.165) is 11.1 Å². The molecule has 0 aromatic heterocycles. The zero-order valence-electron chi connectivity index (χ0n) is 7.91. The van der Waals surface area contributed by atoms with Gasteiger partial charge in [-0.05, 0) is 12.5 Å². The fraction of sp³-hybridized carbons (Fsp3) is 0.0833. The van der Waals surface area contributed by atoms with Gasteiger partial charge in [0, 0.05) is 11.6 Å². The summed E-state index contributed by atoms with van der Waals surface area (Å²) in [4.78, 5) is 10.9. The van der Waals surface area contributed by atoms with E-state index in [1.165, 1.54) is 11.6 Å². The smallest absolute Gasteiger partial charge is 0.336 e. The Morgan fingerprint density at radius 1 is 1.21 bits per heavy atom. The van der Waals surface area contributed by atoms with Gasteiger partial charge in [0.25, 0.3) is 0 Å². The number of cyclic esters (lactones) is 1. The van der Waals surface area contributed by atoms with Gasteiger partial charge in [0.2, 0.25) is 0 Å². The molecule has 1 aliphatic rings. The van der Waals surface area contributed by atoms with Gasteiger partial charge in [0.1, 0.15) is 5.76 Å². The van der Waals surface area contributed by atoms with Crippen LogP contribution in [0.25, 0.3) is 5.57 Å². The van der Waals surface area contributed by atoms with E-state index in [9.17, 15) is 4.79 Å². The van der Waals surface area contributed by atoms with E-state index >= 15 is 0 Å². The van der Waals surface area contributed by atoms with Crippen molar-refractivity contribution in [3.05, 3.63) is 53.8 Å². The standard InChI is InChI=1S/C12H10O2/c1-8-3-5-10(6-4-8)11-7-12(13)14-9(11)2/h3-7H,2H2,1H3. The van der Waals surface area contributed by atoms with Crippen molar-refractivity contribution in [1.29, 1.82) is 0 Å². The Labute approximate surface area is 82.5 Å². The van der Waals surface area contributed by atoms with E-state index in [0.29, 0.717) is 5.76 Å². The number of hydrogen-bond donors (Lipinski definition) is 0. The van der Waals surface area contributed by atoms with Gasteiger partial charge < -0.3 is 4.74 Å². The second kappa shape index (κ2) is 3.14. The molecule has 0 saturated carbocycles. The fourth-order valence-corrected chi connectivity index (χ4v) is 1.38. The van der Waals surface area contributed by atoms with E-state index in [1.54, 1.807) is 0 Å². The molecule has 0 fully saturated rings. The number of rotatable bonds is 1. The van der Waals surface area contributed by atoms with Gasteiger partial charge in [-0.1, -0.05) is 36.4 Å². The molecule has 70 valence electrons. The average Bonchev–Trinajstić information content (AvgIpc) is 2.47. The highest BCUT2D eigenvalue weighted by atomic mass is 16.5. The molecule has 2 heteroatoms. The molecule has 1 aromatic rings. The van der Waals surface area contributed by atoms with Crippen LogP contribution in [-0.2, 0) is 9.53 Å². The molecular formula is C12H10O2. The Hall–Kier alpha value is -1.83. The van der Waals surface area contributed by atoms with Gasteiger partial charge in [0.05, 0.1) is 0 Å². The van der Waals surface area contributed by atoms with Crippen molar-refractivity contribution in [2.75, 3.05) is 0 Å². The van der Waals surface area contributed by atoms with E-state index in [1.807, 2.05) is 31.2 Å². The van der Waals surface area contributed by atoms with Crippen molar-refractivity contribution < 1.29 is 9.53 Å². The summed E-state index contributed by atoms with van der Waals surface area (Å²) >= 11 is 0. The molecule has 1 aromatic carbocycles. The van der Waals surface area contributed by atoms with Crippen molar-refractivity contribution in [1.82, 2.24) is 0 Å². The first-order valence-electron chi connectivity index (χ1n) is 4.36. The monoisotopic (exact) mass is 186 g/mol. The molecule has 0 amide bonds. The molecular weight excluding hydrogens is 176 g/mol. The third-order valence-electron chi connectivity index (χ3n) is 2.15. The molecule has 2 rings (SSSR count). The predicted octanol–water partition coefficient (Wildman–Crippen LogP) is 2.45. The van der Waals surface area contributed by atoms with E-state index < -0.39 is 0 Å². The van der Waals surface area contributed by atoms with Crippen molar-refractivity contribution in [2.45, 2.75) is 6.92 Å². The molecule has 1 heterocycles. The van der Waals surface area contributed by atoms with Crippen LogP contribution < -0.4 is 0 Å². The largest absolute Gasteiger partial charge is 0.423 e. The van der Waals surface area contributed by atoms with Crippen LogP contribution >= 0.6 is 0 Å². The van der Waals surface area contributed by atoms with Crippen molar-refractivity contribution in [3.63, 3.8) is 0 Å². The third-order valence-corrected chi connectivity index (χ3v) is 2.15. The zero-order chi connectivity index (χ0) is 10.1. The van der Waals surface area contributed by atoms with Gasteiger partial charge in [-0.25, -0.2) is 4.79 Å². The Morgan fingerprint density at radius 3 is 2.36 bits per heavy atom. The maximum Gasteiger partial charge on any atom is 0.336 e. The Balaban J connectivity index is 2.41. The quantitative estimate of drug-likeness (QED) is 0.630. The lowest BCUT2D eigenvalue weighted by Crippen LogP contribution is -1.89. The molecule has 0 aliphatic carbocycles. The van der Waals surface area contributed by atoms with Crippen LogP contribution in [0.4, 0.5) is 0 Å². The molecule has 14 heavy (non-hydrogen) atoms. The average molecular weight is 186 g/mol. The normalized spacial score (nSPS) is 15.4. The highest BCUT2D eigenvalue weighted by molar-refractivity contribution is 6.01. The van der Waals surface area contributed by atoms with Gasteiger partial charge >= 0.3 is 5.97 Å². The first-order chi connectivity index (χ1) is 6.66. The minimum absolute atomic E-state index is 0.342. The summed E-state index contributed by atoms with van der Waals surface area (Å²) in [5, 5.41) is 0. The lowest BCUT2D eigenvalue weighted by Gasteiger charge is -2.02. The zero-order valence-corrected chi connectivity index (χ0v) is 7.91. The van der Waals surface area contributed by atoms with Crippen LogP contribution in [0.15, 0.2) is 42.7 Å². The van der Waals surface area contributed by atoms with E-state index in [-0.39, 0.29) is 5.97 Å². The number of carbonyl (C=O) groups is 1. The van der Waals surface area contributed by atoms with Crippen LogP contribution in [0.5, 0.6) is 0 Å². The second-order valence-electron chi connectivity index (χ2n) is 3.27. The molecule has 2 nitrogen and oxygen atoms in total. The number of carbonyl (C=O) groups excluding carboxylic acids is 1. The number of benzene rings is 1. The lowest BCUT2D eigenvalue weighted by atomic mass is 10.0. The fourth-order valence-electron chi connectivity index (χ4n) is 1.38. The Morgan fingerprint density at radius 2 is 1.86 bits per heavy atom. The first kappa shape index (κ1) is 8.75. The second-order valence-corrected chi connectivity index (χ2v) is 3.27. The van der Waals surface area contributed by atoms with Crippen LogP contribution in [0.3, 0.4) is 0 Å². The van der Waals surface area contributed by atoms with E-state index in [4.69, 9.17) is 4.74 Å². The predicted molar refractivity (Wildman–Crippen MR) is 54.4 cm³/mol. The first-order valence-corrected chi connectivity index (χ1v) is 4.36. The highest BCUT2D eigenvalue weighted by Gasteiger charge is 2.18. The lowest BCUT2D eigenvalue weighted by molar-refractivity contribution is -0.132. The summed E-state index contributed by atoms with van der Waals surface area (Å²) in [5.74, 6) is 0.0874. The number of esters is 1. The minimum atomic E-state index is -0.342. The van der Waals surface area contributed by atoms with Gasteiger partial charge in [-0.2, -0.15) is 0 Å². The molecule has 0 bridgehead atoms. The van der Waals surface area contributed by atoms with E-state index in [2.05, 4.69) is 6.58 Å². The van der Waals surface area contributed by atoms with Crippen molar-refractivity contribution in [3.8, 4) is 0 Å². The van der Waals surface area contributed by atoms with Crippen LogP contribution in [0.2, 0.25) is 0 Å². The summed E-state index contributed by atoms with van der Waals surface area (Å²) in [6.07, 6.45) is 1.47. The van der Waals surface area contributed by atoms with Crippen LogP contribution in [0.1, 0.15) is 11.1 Å². The summed E-state index contributed by atoms with van der Waals surface area (Å²) in [5.41, 5.74) is 2.92. The minimum Gasteiger partial charge on any atom is -0.423 e. The number of hydrogen-bond acceptors (Lipinski definition) is 2. The van der Waals surface area contributed by atoms with Crippen LogP contribution in [-0.4, -0.2) is 5.97 Å². The molecule has 0 atom stereocenters. The summed E-state index contributed by atoms with van der Waals surface area (Å²) in [7, 11) is 0. The molecule has 0 unspecified atom stereocenters. The topological polar surface area (TPSA) is 26.3 Å². The summed E-state index contributed by atoms with van der Waals surface area (Å²) < 4.78 is 4.83. The van der Waals surface area contributed by atoms with Gasteiger partial charge in [-0.15, -0.1) is 0 Å². The Kier molecular flexibility index (Phi) is 1.97. The SMILES string of the molecule is C=C1OC(=O)C=C1c1ccc(C)cc1.